The minimum absolute atomic E-state index is 0.516. The van der Waals surface area contributed by atoms with Gasteiger partial charge in [0.1, 0.15) is 22.3 Å². The van der Waals surface area contributed by atoms with Gasteiger partial charge in [-0.2, -0.15) is 0 Å². The lowest BCUT2D eigenvalue weighted by Crippen LogP contribution is -2.00. The Bertz CT molecular complexity index is 3900. The molecular formula is C55H32N4O2. The fourth-order valence-electron chi connectivity index (χ4n) is 9.22. The summed E-state index contributed by atoms with van der Waals surface area (Å²) in [4.78, 5) is 15.6. The van der Waals surface area contributed by atoms with Crippen LogP contribution in [0.25, 0.3) is 127 Å². The fourth-order valence-corrected chi connectivity index (χ4v) is 9.22. The first-order valence-corrected chi connectivity index (χ1v) is 20.4. The van der Waals surface area contributed by atoms with Crippen LogP contribution in [0.1, 0.15) is 0 Å². The van der Waals surface area contributed by atoms with Gasteiger partial charge in [0.25, 0.3) is 0 Å². The molecule has 0 spiro atoms. The zero-order valence-electron chi connectivity index (χ0n) is 32.6. The number of hydrogen-bond acceptors (Lipinski definition) is 5. The Labute approximate surface area is 348 Å². The van der Waals surface area contributed by atoms with Crippen molar-refractivity contribution >= 4 is 76.5 Å². The second-order valence-electron chi connectivity index (χ2n) is 15.5. The molecule has 6 nitrogen and oxygen atoms in total. The maximum Gasteiger partial charge on any atom is 0.167 e. The number of hydrogen-bond donors (Lipinski definition) is 0. The van der Waals surface area contributed by atoms with Crippen molar-refractivity contribution in [2.24, 2.45) is 0 Å². The van der Waals surface area contributed by atoms with Crippen LogP contribution in [0, 0.1) is 0 Å². The fraction of sp³-hybridized carbons (Fsp3) is 0. The van der Waals surface area contributed by atoms with E-state index in [2.05, 4.69) is 162 Å². The molecule has 284 valence electrons. The molecule has 0 bridgehead atoms. The quantitative estimate of drug-likeness (QED) is 0.174. The molecule has 0 aliphatic heterocycles. The normalized spacial score (nSPS) is 11.9. The van der Waals surface area contributed by atoms with E-state index < -0.39 is 0 Å². The Kier molecular flexibility index (Phi) is 7.21. The molecule has 4 aromatic heterocycles. The van der Waals surface area contributed by atoms with Crippen LogP contribution in [0.3, 0.4) is 0 Å². The lowest BCUT2D eigenvalue weighted by Gasteiger charge is -2.10. The van der Waals surface area contributed by atoms with Crippen LogP contribution in [0.5, 0.6) is 0 Å². The molecular weight excluding hydrogens is 749 g/mol. The summed E-state index contributed by atoms with van der Waals surface area (Å²) in [6, 6.07) is 67.4. The van der Waals surface area contributed by atoms with Gasteiger partial charge in [-0.25, -0.2) is 15.0 Å². The Balaban J connectivity index is 1.02. The summed E-state index contributed by atoms with van der Waals surface area (Å²) in [7, 11) is 0. The maximum atomic E-state index is 7.03. The summed E-state index contributed by atoms with van der Waals surface area (Å²) in [5.41, 5.74) is 11.1. The Morgan fingerprint density at radius 1 is 0.328 bits per heavy atom. The van der Waals surface area contributed by atoms with Crippen LogP contribution in [0.2, 0.25) is 0 Å². The van der Waals surface area contributed by atoms with E-state index in [1.165, 1.54) is 16.3 Å². The molecule has 0 aliphatic carbocycles. The Morgan fingerprint density at radius 2 is 0.885 bits per heavy atom. The van der Waals surface area contributed by atoms with Crippen molar-refractivity contribution in [3.05, 3.63) is 194 Å². The van der Waals surface area contributed by atoms with E-state index in [4.69, 9.17) is 23.8 Å². The molecule has 0 unspecified atom stereocenters. The van der Waals surface area contributed by atoms with Gasteiger partial charge in [0.15, 0.2) is 17.5 Å². The van der Waals surface area contributed by atoms with Crippen molar-refractivity contribution in [2.45, 2.75) is 0 Å². The molecule has 6 heteroatoms. The molecule has 13 aromatic rings. The zero-order chi connectivity index (χ0) is 40.0. The molecule has 9 aromatic carbocycles. The largest absolute Gasteiger partial charge is 0.455 e. The van der Waals surface area contributed by atoms with E-state index in [-0.39, 0.29) is 0 Å². The molecule has 4 heterocycles. The predicted octanol–water partition coefficient (Wildman–Crippen LogP) is 14.6. The van der Waals surface area contributed by atoms with Crippen molar-refractivity contribution in [2.75, 3.05) is 0 Å². The highest BCUT2D eigenvalue weighted by Gasteiger charge is 2.22. The average Bonchev–Trinajstić information content (AvgIpc) is 4.01. The number of furan rings is 2. The standard InChI is InChI=1S/C55H32N4O2/c1-2-15-37(16-3-1)59-47-25-8-6-17-39(47)46-32-35(29-30-48(46)59)38-19-10-21-42-43-22-12-24-45(52(43)61-50(38)42)55-57-53(36-28-27-33-13-4-5-14-34(33)31-36)56-54(58-55)44-23-11-20-41-40-18-7-9-26-49(40)60-51(41)44/h1-32H. The highest BCUT2D eigenvalue weighted by atomic mass is 16.3. The number of rotatable bonds is 5. The summed E-state index contributed by atoms with van der Waals surface area (Å²) in [5.74, 6) is 1.60. The minimum atomic E-state index is 0.516. The predicted molar refractivity (Wildman–Crippen MR) is 248 cm³/mol. The van der Waals surface area contributed by atoms with E-state index in [1.54, 1.807) is 0 Å². The Hall–Kier alpha value is -8.35. The molecule has 0 atom stereocenters. The van der Waals surface area contributed by atoms with Gasteiger partial charge in [-0.3, -0.25) is 0 Å². The molecule has 61 heavy (non-hydrogen) atoms. The summed E-state index contributed by atoms with van der Waals surface area (Å²) >= 11 is 0. The SMILES string of the molecule is c1ccc(-n2c3ccccc3c3cc(-c4cccc5c4oc4c(-c6nc(-c7ccc8ccccc8c7)nc(-c7cccc8c7oc7ccccc78)n6)cccc45)ccc32)cc1. The first kappa shape index (κ1) is 33.6. The molecule has 13 rings (SSSR count). The smallest absolute Gasteiger partial charge is 0.167 e. The molecule has 0 saturated heterocycles. The van der Waals surface area contributed by atoms with Crippen LogP contribution in [-0.2, 0) is 0 Å². The molecule has 0 fully saturated rings. The lowest BCUT2D eigenvalue weighted by molar-refractivity contribution is 0.669. The van der Waals surface area contributed by atoms with Gasteiger partial charge in [0.05, 0.1) is 22.2 Å². The van der Waals surface area contributed by atoms with Gasteiger partial charge >= 0.3 is 0 Å². The molecule has 0 aliphatic rings. The van der Waals surface area contributed by atoms with E-state index in [9.17, 15) is 0 Å². The van der Waals surface area contributed by atoms with Crippen LogP contribution < -0.4 is 0 Å². The van der Waals surface area contributed by atoms with Crippen LogP contribution in [-0.4, -0.2) is 19.5 Å². The van der Waals surface area contributed by atoms with Gasteiger partial charge < -0.3 is 13.4 Å². The third-order valence-corrected chi connectivity index (χ3v) is 12.1. The van der Waals surface area contributed by atoms with Crippen molar-refractivity contribution in [1.29, 1.82) is 0 Å². The summed E-state index contributed by atoms with van der Waals surface area (Å²) in [6.07, 6.45) is 0. The van der Waals surface area contributed by atoms with Crippen molar-refractivity contribution in [1.82, 2.24) is 19.5 Å². The van der Waals surface area contributed by atoms with E-state index >= 15 is 0 Å². The van der Waals surface area contributed by atoms with E-state index in [1.807, 2.05) is 36.4 Å². The van der Waals surface area contributed by atoms with Gasteiger partial charge in [0.2, 0.25) is 0 Å². The third kappa shape index (κ3) is 5.19. The first-order valence-electron chi connectivity index (χ1n) is 20.4. The number of fused-ring (bicyclic) bond motifs is 10. The van der Waals surface area contributed by atoms with Gasteiger partial charge in [0, 0.05) is 49.1 Å². The molecule has 0 amide bonds. The number of benzene rings is 9. The summed E-state index contributed by atoms with van der Waals surface area (Å²) in [6.45, 7) is 0. The van der Waals surface area contributed by atoms with Crippen LogP contribution >= 0.6 is 0 Å². The second kappa shape index (κ2) is 13.1. The average molecular weight is 781 g/mol. The van der Waals surface area contributed by atoms with E-state index in [0.29, 0.717) is 17.5 Å². The molecule has 0 N–H and O–H groups in total. The van der Waals surface area contributed by atoms with E-state index in [0.717, 1.165) is 93.7 Å². The topological polar surface area (TPSA) is 69.9 Å². The van der Waals surface area contributed by atoms with Gasteiger partial charge in [-0.1, -0.05) is 140 Å². The van der Waals surface area contributed by atoms with Crippen molar-refractivity contribution in [3.63, 3.8) is 0 Å². The van der Waals surface area contributed by atoms with Crippen molar-refractivity contribution in [3.8, 4) is 51.0 Å². The molecule has 0 saturated carbocycles. The monoisotopic (exact) mass is 780 g/mol. The van der Waals surface area contributed by atoms with Crippen LogP contribution in [0.15, 0.2) is 203 Å². The highest BCUT2D eigenvalue weighted by molar-refractivity contribution is 6.15. The minimum Gasteiger partial charge on any atom is -0.455 e. The maximum absolute atomic E-state index is 7.03. The van der Waals surface area contributed by atoms with Crippen molar-refractivity contribution < 1.29 is 8.83 Å². The number of para-hydroxylation sites is 6. The third-order valence-electron chi connectivity index (χ3n) is 12.1. The second-order valence-corrected chi connectivity index (χ2v) is 15.5. The summed E-state index contributed by atoms with van der Waals surface area (Å²) in [5, 5.41) is 8.72. The van der Waals surface area contributed by atoms with Crippen LogP contribution in [0.4, 0.5) is 0 Å². The summed E-state index contributed by atoms with van der Waals surface area (Å²) < 4.78 is 15.9. The molecule has 0 radical (unpaired) electrons. The zero-order valence-corrected chi connectivity index (χ0v) is 32.6. The number of nitrogens with zero attached hydrogens (tertiary/aromatic N) is 4. The van der Waals surface area contributed by atoms with Gasteiger partial charge in [-0.05, 0) is 70.9 Å². The highest BCUT2D eigenvalue weighted by Crippen LogP contribution is 2.42. The number of aromatic nitrogens is 4. The first-order chi connectivity index (χ1) is 30.2. The lowest BCUT2D eigenvalue weighted by atomic mass is 10.00. The van der Waals surface area contributed by atoms with Gasteiger partial charge in [-0.15, -0.1) is 0 Å². The Morgan fingerprint density at radius 3 is 1.67 bits per heavy atom.